The van der Waals surface area contributed by atoms with Gasteiger partial charge in [-0.3, -0.25) is 0 Å². The van der Waals surface area contributed by atoms with E-state index in [0.29, 0.717) is 23.3 Å². The minimum absolute atomic E-state index is 0.312. The van der Waals surface area contributed by atoms with E-state index in [-0.39, 0.29) is 0 Å². The van der Waals surface area contributed by atoms with Gasteiger partial charge in [-0.05, 0) is 6.42 Å². The fourth-order valence-corrected chi connectivity index (χ4v) is 1.05. The normalized spacial score (nSPS) is 10.1. The molecule has 1 rings (SSSR count). The van der Waals surface area contributed by atoms with Gasteiger partial charge in [0.15, 0.2) is 11.6 Å². The van der Waals surface area contributed by atoms with Gasteiger partial charge < -0.3 is 21.7 Å². The Bertz CT molecular complexity index is 336. The zero-order valence-electron chi connectivity index (χ0n) is 9.41. The summed E-state index contributed by atoms with van der Waals surface area (Å²) in [6.07, 6.45) is 1.00. The monoisotopic (exact) mass is 210 g/mol. The number of hydrogen-bond acceptors (Lipinski definition) is 6. The summed E-state index contributed by atoms with van der Waals surface area (Å²) in [5.74, 6) is 1.47. The van der Waals surface area contributed by atoms with Gasteiger partial charge in [0, 0.05) is 20.6 Å². The summed E-state index contributed by atoms with van der Waals surface area (Å²) >= 11 is 0. The van der Waals surface area contributed by atoms with E-state index in [4.69, 9.17) is 11.5 Å². The topological polar surface area (TPSA) is 93.1 Å². The van der Waals surface area contributed by atoms with Crippen molar-refractivity contribution in [1.29, 1.82) is 0 Å². The lowest BCUT2D eigenvalue weighted by atomic mass is 10.4. The Hall–Kier alpha value is -1.72. The van der Waals surface area contributed by atoms with Crippen molar-refractivity contribution in [3.63, 3.8) is 0 Å². The van der Waals surface area contributed by atoms with Gasteiger partial charge in [0.2, 0.25) is 5.95 Å². The molecule has 0 bridgehead atoms. The largest absolute Gasteiger partial charge is 0.393 e. The van der Waals surface area contributed by atoms with Crippen molar-refractivity contribution < 1.29 is 0 Å². The Labute approximate surface area is 89.7 Å². The van der Waals surface area contributed by atoms with E-state index in [9.17, 15) is 0 Å². The highest BCUT2D eigenvalue weighted by molar-refractivity contribution is 5.74. The van der Waals surface area contributed by atoms with Crippen LogP contribution in [0.2, 0.25) is 0 Å². The highest BCUT2D eigenvalue weighted by atomic mass is 15.2. The van der Waals surface area contributed by atoms with Gasteiger partial charge >= 0.3 is 0 Å². The van der Waals surface area contributed by atoms with E-state index < -0.39 is 0 Å². The van der Waals surface area contributed by atoms with Crippen molar-refractivity contribution in [3.05, 3.63) is 0 Å². The summed E-state index contributed by atoms with van der Waals surface area (Å²) in [6, 6.07) is 0. The first-order valence-electron chi connectivity index (χ1n) is 4.90. The van der Waals surface area contributed by atoms with Gasteiger partial charge in [0.25, 0.3) is 0 Å². The Morgan fingerprint density at radius 1 is 1.27 bits per heavy atom. The fourth-order valence-electron chi connectivity index (χ4n) is 1.05. The third kappa shape index (κ3) is 2.61. The van der Waals surface area contributed by atoms with Crippen molar-refractivity contribution in [3.8, 4) is 0 Å². The van der Waals surface area contributed by atoms with Gasteiger partial charge in [-0.1, -0.05) is 6.92 Å². The Morgan fingerprint density at radius 2 is 1.93 bits per heavy atom. The molecule has 0 aliphatic carbocycles. The summed E-state index contributed by atoms with van der Waals surface area (Å²) < 4.78 is 0. The molecule has 0 saturated carbocycles. The Balaban J connectivity index is 3.02. The zero-order chi connectivity index (χ0) is 11.4. The second-order valence-electron chi connectivity index (χ2n) is 3.49. The molecular formula is C9H18N6. The molecule has 0 amide bonds. The second kappa shape index (κ2) is 4.68. The minimum Gasteiger partial charge on any atom is -0.393 e. The molecule has 1 heterocycles. The molecule has 0 spiro atoms. The SMILES string of the molecule is CCCNc1nc(N(C)C)nc(N)c1N. The third-order valence-electron chi connectivity index (χ3n) is 1.91. The highest BCUT2D eigenvalue weighted by Crippen LogP contribution is 2.23. The van der Waals surface area contributed by atoms with Crippen LogP contribution >= 0.6 is 0 Å². The summed E-state index contributed by atoms with van der Waals surface area (Å²) in [7, 11) is 3.71. The lowest BCUT2D eigenvalue weighted by Crippen LogP contribution is -2.17. The molecule has 0 aliphatic heterocycles. The van der Waals surface area contributed by atoms with Crippen molar-refractivity contribution in [1.82, 2.24) is 9.97 Å². The summed E-state index contributed by atoms with van der Waals surface area (Å²) in [4.78, 5) is 10.1. The van der Waals surface area contributed by atoms with Crippen molar-refractivity contribution in [2.45, 2.75) is 13.3 Å². The average molecular weight is 210 g/mol. The van der Waals surface area contributed by atoms with Gasteiger partial charge in [0.05, 0.1) is 0 Å². The molecule has 84 valence electrons. The molecule has 0 saturated heterocycles. The summed E-state index contributed by atoms with van der Waals surface area (Å²) in [5.41, 5.74) is 11.9. The molecule has 0 radical (unpaired) electrons. The smallest absolute Gasteiger partial charge is 0.228 e. The standard InChI is InChI=1S/C9H18N6/c1-4-5-12-8-6(10)7(11)13-9(14-8)15(2)3/h4-5,10H2,1-3H3,(H3,11,12,13,14). The van der Waals surface area contributed by atoms with E-state index in [1.807, 2.05) is 14.1 Å². The molecule has 1 aromatic heterocycles. The number of hydrogen-bond donors (Lipinski definition) is 3. The van der Waals surface area contributed by atoms with E-state index in [1.165, 1.54) is 0 Å². The molecule has 0 aromatic carbocycles. The van der Waals surface area contributed by atoms with E-state index in [2.05, 4.69) is 22.2 Å². The number of nitrogen functional groups attached to an aromatic ring is 2. The van der Waals surface area contributed by atoms with Crippen molar-refractivity contribution in [2.75, 3.05) is 42.3 Å². The highest BCUT2D eigenvalue weighted by Gasteiger charge is 2.09. The van der Waals surface area contributed by atoms with E-state index >= 15 is 0 Å². The molecule has 5 N–H and O–H groups in total. The van der Waals surface area contributed by atoms with Crippen LogP contribution in [0.1, 0.15) is 13.3 Å². The minimum atomic E-state index is 0.312. The molecule has 6 nitrogen and oxygen atoms in total. The predicted octanol–water partition coefficient (Wildman–Crippen LogP) is 0.529. The number of nitrogens with two attached hydrogens (primary N) is 2. The number of nitrogens with one attached hydrogen (secondary N) is 1. The lowest BCUT2D eigenvalue weighted by molar-refractivity contribution is 0.953. The molecule has 0 fully saturated rings. The summed E-state index contributed by atoms with van der Waals surface area (Å²) in [5, 5.41) is 3.12. The van der Waals surface area contributed by atoms with Crippen LogP contribution in [0.3, 0.4) is 0 Å². The maximum atomic E-state index is 5.76. The lowest BCUT2D eigenvalue weighted by Gasteiger charge is -2.15. The van der Waals surface area contributed by atoms with Gasteiger partial charge in [-0.15, -0.1) is 0 Å². The van der Waals surface area contributed by atoms with Crippen LogP contribution in [0.25, 0.3) is 0 Å². The number of aromatic nitrogens is 2. The molecular weight excluding hydrogens is 192 g/mol. The molecule has 0 atom stereocenters. The molecule has 1 aromatic rings. The Kier molecular flexibility index (Phi) is 3.54. The molecule has 15 heavy (non-hydrogen) atoms. The maximum Gasteiger partial charge on any atom is 0.228 e. The van der Waals surface area contributed by atoms with Crippen LogP contribution < -0.4 is 21.7 Å². The van der Waals surface area contributed by atoms with Crippen LogP contribution in [-0.4, -0.2) is 30.6 Å². The maximum absolute atomic E-state index is 5.76. The van der Waals surface area contributed by atoms with E-state index in [1.54, 1.807) is 4.90 Å². The van der Waals surface area contributed by atoms with Crippen molar-refractivity contribution >= 4 is 23.3 Å². The van der Waals surface area contributed by atoms with Crippen LogP contribution in [0, 0.1) is 0 Å². The average Bonchev–Trinajstić information content (AvgIpc) is 2.19. The van der Waals surface area contributed by atoms with Crippen molar-refractivity contribution in [2.24, 2.45) is 0 Å². The predicted molar refractivity (Wildman–Crippen MR) is 64.0 cm³/mol. The molecule has 0 aliphatic rings. The molecule has 6 heteroatoms. The molecule has 0 unspecified atom stereocenters. The van der Waals surface area contributed by atoms with Crippen LogP contribution in [-0.2, 0) is 0 Å². The van der Waals surface area contributed by atoms with E-state index in [0.717, 1.165) is 13.0 Å². The Morgan fingerprint density at radius 3 is 2.47 bits per heavy atom. The first-order valence-corrected chi connectivity index (χ1v) is 4.90. The van der Waals surface area contributed by atoms with Gasteiger partial charge in [-0.25, -0.2) is 0 Å². The van der Waals surface area contributed by atoms with Crippen LogP contribution in [0.4, 0.5) is 23.3 Å². The first kappa shape index (κ1) is 11.4. The first-order chi connectivity index (χ1) is 7.06. The van der Waals surface area contributed by atoms with Crippen LogP contribution in [0.5, 0.6) is 0 Å². The number of anilines is 4. The quantitative estimate of drug-likeness (QED) is 0.671. The number of nitrogens with zero attached hydrogens (tertiary/aromatic N) is 3. The summed E-state index contributed by atoms with van der Waals surface area (Å²) in [6.45, 7) is 2.88. The van der Waals surface area contributed by atoms with Gasteiger partial charge in [0.1, 0.15) is 5.69 Å². The zero-order valence-corrected chi connectivity index (χ0v) is 9.41. The third-order valence-corrected chi connectivity index (χ3v) is 1.91. The fraction of sp³-hybridized carbons (Fsp3) is 0.556. The van der Waals surface area contributed by atoms with Crippen LogP contribution in [0.15, 0.2) is 0 Å². The van der Waals surface area contributed by atoms with Gasteiger partial charge in [-0.2, -0.15) is 9.97 Å². The number of rotatable bonds is 4. The second-order valence-corrected chi connectivity index (χ2v) is 3.49.